The normalized spacial score (nSPS) is 16.2. The monoisotopic (exact) mass is 509 g/mol. The highest BCUT2D eigenvalue weighted by Crippen LogP contribution is 2.31. The molecule has 2 aliphatic rings. The summed E-state index contributed by atoms with van der Waals surface area (Å²) in [6, 6.07) is 6.57. The minimum atomic E-state index is -0.500. The molecule has 0 atom stereocenters. The summed E-state index contributed by atoms with van der Waals surface area (Å²) in [5, 5.41) is 19.1. The summed E-state index contributed by atoms with van der Waals surface area (Å²) in [6.45, 7) is 4.28. The molecule has 0 spiro atoms. The van der Waals surface area contributed by atoms with Crippen LogP contribution in [0.3, 0.4) is 0 Å². The number of aromatic nitrogens is 3. The quantitative estimate of drug-likeness (QED) is 0.481. The van der Waals surface area contributed by atoms with Crippen molar-refractivity contribution in [3.05, 3.63) is 56.5 Å². The molecule has 178 valence electrons. The molecule has 2 aliphatic heterocycles. The van der Waals surface area contributed by atoms with Gasteiger partial charge in [-0.25, -0.2) is 4.98 Å². The van der Waals surface area contributed by atoms with Crippen LogP contribution in [0.5, 0.6) is 11.5 Å². The Morgan fingerprint density at radius 1 is 1.14 bits per heavy atom. The third kappa shape index (κ3) is 4.47. The minimum Gasteiger partial charge on any atom is -0.490 e. The van der Waals surface area contributed by atoms with Crippen LogP contribution in [-0.2, 0) is 17.8 Å². The number of benzene rings is 1. The van der Waals surface area contributed by atoms with E-state index in [4.69, 9.17) is 14.9 Å². The minimum absolute atomic E-state index is 0.0402. The van der Waals surface area contributed by atoms with Gasteiger partial charge in [0.25, 0.3) is 11.5 Å². The average Bonchev–Trinajstić information content (AvgIpc) is 3.48. The molecule has 0 bridgehead atoms. The van der Waals surface area contributed by atoms with Crippen molar-refractivity contribution in [2.75, 3.05) is 6.61 Å². The van der Waals surface area contributed by atoms with Crippen molar-refractivity contribution in [2.45, 2.75) is 26.9 Å². The number of amidine groups is 2. The van der Waals surface area contributed by atoms with Gasteiger partial charge in [-0.05, 0) is 48.9 Å². The van der Waals surface area contributed by atoms with E-state index >= 15 is 0 Å². The van der Waals surface area contributed by atoms with Crippen molar-refractivity contribution in [3.63, 3.8) is 0 Å². The Morgan fingerprint density at radius 3 is 2.80 bits per heavy atom. The van der Waals surface area contributed by atoms with Gasteiger partial charge in [0.05, 0.1) is 23.4 Å². The van der Waals surface area contributed by atoms with Crippen LogP contribution in [0.1, 0.15) is 30.1 Å². The fourth-order valence-corrected chi connectivity index (χ4v) is 4.84. The molecule has 5 rings (SSSR count). The predicted octanol–water partition coefficient (Wildman–Crippen LogP) is 2.94. The summed E-state index contributed by atoms with van der Waals surface area (Å²) in [7, 11) is 0. The number of amides is 1. The second-order valence-corrected chi connectivity index (χ2v) is 9.17. The number of aryl methyl sites for hydroxylation is 1. The fraction of sp³-hybridized carbons (Fsp3) is 0.227. The number of nitrogens with one attached hydrogen (secondary N) is 1. The van der Waals surface area contributed by atoms with Gasteiger partial charge in [0.15, 0.2) is 22.5 Å². The van der Waals surface area contributed by atoms with E-state index < -0.39 is 5.91 Å². The number of carbonyl (C=O) groups excluding carboxylic acids is 1. The van der Waals surface area contributed by atoms with E-state index in [1.54, 1.807) is 24.3 Å². The molecule has 0 unspecified atom stereocenters. The summed E-state index contributed by atoms with van der Waals surface area (Å²) in [5.74, 6) is 0.376. The summed E-state index contributed by atoms with van der Waals surface area (Å²) < 4.78 is 13.0. The maximum Gasteiger partial charge on any atom is 0.283 e. The standard InChI is InChI=1S/C22H19N7O4S2/c1-3-17-27-28-18(30)9-13(25-22(28)35-17)10-33-15-6-5-12(8-16(15)32-4-2)7-14-19(23)29-21(26-20(14)31)34-11-24-29/h5-9,11,23H,3-4,10H2,1-2H3/b14-7+,23-19?. The van der Waals surface area contributed by atoms with Crippen LogP contribution in [0.15, 0.2) is 44.7 Å². The lowest BCUT2D eigenvalue weighted by Crippen LogP contribution is -2.35. The zero-order valence-corrected chi connectivity index (χ0v) is 20.4. The highest BCUT2D eigenvalue weighted by Gasteiger charge is 2.32. The Morgan fingerprint density at radius 2 is 2.00 bits per heavy atom. The zero-order chi connectivity index (χ0) is 24.5. The second kappa shape index (κ2) is 9.43. The Labute approximate surface area is 207 Å². The summed E-state index contributed by atoms with van der Waals surface area (Å²) >= 11 is 2.56. The molecule has 1 aromatic carbocycles. The van der Waals surface area contributed by atoms with Crippen LogP contribution in [0.25, 0.3) is 11.0 Å². The SMILES string of the molecule is CCOc1cc(/C=C2\C(=N)N3N=CSC3=NC2=O)ccc1OCc1cc(=O)n2nc(CC)sc2n1. The molecule has 0 radical (unpaired) electrons. The number of hydrogen-bond donors (Lipinski definition) is 1. The Balaban J connectivity index is 1.39. The molecule has 0 fully saturated rings. The van der Waals surface area contributed by atoms with Crippen molar-refractivity contribution in [1.82, 2.24) is 19.6 Å². The third-order valence-electron chi connectivity index (χ3n) is 4.99. The van der Waals surface area contributed by atoms with Crippen LogP contribution < -0.4 is 15.0 Å². The van der Waals surface area contributed by atoms with Gasteiger partial charge in [0, 0.05) is 6.07 Å². The first-order chi connectivity index (χ1) is 17.0. The van der Waals surface area contributed by atoms with Crippen LogP contribution >= 0.6 is 23.1 Å². The molecule has 4 heterocycles. The van der Waals surface area contributed by atoms with Gasteiger partial charge in [-0.15, -0.1) is 0 Å². The van der Waals surface area contributed by atoms with E-state index in [0.29, 0.717) is 39.5 Å². The van der Waals surface area contributed by atoms with Crippen LogP contribution in [0, 0.1) is 5.41 Å². The van der Waals surface area contributed by atoms with Gasteiger partial charge in [-0.1, -0.05) is 24.3 Å². The first-order valence-corrected chi connectivity index (χ1v) is 12.4. The van der Waals surface area contributed by atoms with Crippen molar-refractivity contribution in [1.29, 1.82) is 5.41 Å². The number of carbonyl (C=O) groups is 1. The third-order valence-corrected chi connectivity index (χ3v) is 6.72. The van der Waals surface area contributed by atoms with Gasteiger partial charge in [-0.2, -0.15) is 24.7 Å². The lowest BCUT2D eigenvalue weighted by molar-refractivity contribution is -0.114. The summed E-state index contributed by atoms with van der Waals surface area (Å²) in [4.78, 5) is 33.8. The highest BCUT2D eigenvalue weighted by atomic mass is 32.2. The van der Waals surface area contributed by atoms with Crippen molar-refractivity contribution < 1.29 is 14.3 Å². The van der Waals surface area contributed by atoms with Gasteiger partial charge >= 0.3 is 0 Å². The molecule has 11 nitrogen and oxygen atoms in total. The molecule has 3 aromatic rings. The first kappa shape index (κ1) is 22.9. The van der Waals surface area contributed by atoms with Gasteiger partial charge in [0.2, 0.25) is 4.96 Å². The lowest BCUT2D eigenvalue weighted by atomic mass is 10.1. The Kier molecular flexibility index (Phi) is 6.17. The Hall–Kier alpha value is -3.84. The van der Waals surface area contributed by atoms with Gasteiger partial charge < -0.3 is 9.47 Å². The summed E-state index contributed by atoms with van der Waals surface area (Å²) in [6.07, 6.45) is 2.30. The van der Waals surface area contributed by atoms with Crippen molar-refractivity contribution in [3.8, 4) is 11.5 Å². The molecule has 13 heteroatoms. The molecule has 0 saturated carbocycles. The largest absolute Gasteiger partial charge is 0.490 e. The van der Waals surface area contributed by atoms with Crippen LogP contribution in [-0.4, -0.2) is 48.7 Å². The first-order valence-electron chi connectivity index (χ1n) is 10.7. The number of hydrogen-bond acceptors (Lipinski definition) is 10. The maximum absolute atomic E-state index is 12.4. The van der Waals surface area contributed by atoms with Gasteiger partial charge in [0.1, 0.15) is 11.6 Å². The molecule has 0 saturated heterocycles. The van der Waals surface area contributed by atoms with Crippen molar-refractivity contribution >= 4 is 56.6 Å². The molecule has 1 amide bonds. The van der Waals surface area contributed by atoms with Crippen LogP contribution in [0.2, 0.25) is 0 Å². The predicted molar refractivity (Wildman–Crippen MR) is 135 cm³/mol. The molecular formula is C22H19N7O4S2. The van der Waals surface area contributed by atoms with E-state index in [2.05, 4.69) is 20.2 Å². The number of hydrazone groups is 1. The smallest absolute Gasteiger partial charge is 0.283 e. The number of rotatable bonds is 7. The number of thioether (sulfide) groups is 1. The number of nitrogens with zero attached hydrogens (tertiary/aromatic N) is 6. The van der Waals surface area contributed by atoms with Gasteiger partial charge in [-0.3, -0.25) is 15.0 Å². The number of fused-ring (bicyclic) bond motifs is 2. The Bertz CT molecular complexity index is 1510. The molecular weight excluding hydrogens is 490 g/mol. The maximum atomic E-state index is 12.4. The zero-order valence-electron chi connectivity index (χ0n) is 18.7. The van der Waals surface area contributed by atoms with E-state index in [-0.39, 0.29) is 23.6 Å². The molecule has 2 aromatic heterocycles. The molecule has 35 heavy (non-hydrogen) atoms. The second-order valence-electron chi connectivity index (χ2n) is 7.31. The lowest BCUT2D eigenvalue weighted by Gasteiger charge is -2.20. The topological polar surface area (TPSA) is 135 Å². The van der Waals surface area contributed by atoms with E-state index in [9.17, 15) is 9.59 Å². The average molecular weight is 510 g/mol. The number of ether oxygens (including phenoxy) is 2. The van der Waals surface area contributed by atoms with E-state index in [1.165, 1.54) is 44.2 Å². The van der Waals surface area contributed by atoms with E-state index in [0.717, 1.165) is 11.4 Å². The highest BCUT2D eigenvalue weighted by molar-refractivity contribution is 8.25. The summed E-state index contributed by atoms with van der Waals surface area (Å²) in [5.41, 5.74) is 2.51. The van der Waals surface area contributed by atoms with Crippen molar-refractivity contribution in [2.24, 2.45) is 10.1 Å². The van der Waals surface area contributed by atoms with E-state index in [1.807, 2.05) is 13.8 Å². The number of aliphatic imine (C=N–C) groups is 1. The fourth-order valence-electron chi connectivity index (χ4n) is 3.37. The molecule has 0 aliphatic carbocycles. The molecule has 1 N–H and O–H groups in total. The van der Waals surface area contributed by atoms with Crippen LogP contribution in [0.4, 0.5) is 0 Å².